The molecule has 6 nitrogen and oxygen atoms in total. The Labute approximate surface area is 135 Å². The fraction of sp³-hybridized carbons (Fsp3) is 0.529. The number of ether oxygens (including phenoxy) is 2. The lowest BCUT2D eigenvalue weighted by Gasteiger charge is -2.25. The molecule has 0 aromatic heterocycles. The number of benzene rings is 1. The molecule has 0 saturated carbocycles. The van der Waals surface area contributed by atoms with Crippen LogP contribution in [0.1, 0.15) is 25.7 Å². The van der Waals surface area contributed by atoms with E-state index in [2.05, 4.69) is 5.32 Å². The fourth-order valence-electron chi connectivity index (χ4n) is 3.14. The minimum absolute atomic E-state index is 0.0209. The van der Waals surface area contributed by atoms with Crippen LogP contribution in [0.5, 0.6) is 5.75 Å². The molecule has 2 fully saturated rings. The molecular formula is C17H22N2O4. The van der Waals surface area contributed by atoms with Gasteiger partial charge in [0.2, 0.25) is 11.8 Å². The van der Waals surface area contributed by atoms with Crippen molar-refractivity contribution in [3.05, 3.63) is 24.3 Å². The minimum Gasteiger partial charge on any atom is -0.497 e. The maximum Gasteiger partial charge on any atom is 0.243 e. The van der Waals surface area contributed by atoms with Gasteiger partial charge in [-0.3, -0.25) is 14.5 Å². The van der Waals surface area contributed by atoms with Gasteiger partial charge in [0.1, 0.15) is 11.8 Å². The zero-order chi connectivity index (χ0) is 16.2. The third-order valence-corrected chi connectivity index (χ3v) is 4.39. The van der Waals surface area contributed by atoms with Crippen molar-refractivity contribution >= 4 is 17.5 Å². The lowest BCUT2D eigenvalue weighted by molar-refractivity contribution is -0.124. The largest absolute Gasteiger partial charge is 0.497 e. The molecule has 0 aliphatic carbocycles. The molecular weight excluding hydrogens is 296 g/mol. The van der Waals surface area contributed by atoms with Crippen molar-refractivity contribution in [1.82, 2.24) is 5.32 Å². The number of nitrogens with one attached hydrogen (secondary N) is 1. The summed E-state index contributed by atoms with van der Waals surface area (Å²) in [5, 5.41) is 2.93. The summed E-state index contributed by atoms with van der Waals surface area (Å²) in [6.07, 6.45) is 3.06. The van der Waals surface area contributed by atoms with Gasteiger partial charge in [-0.05, 0) is 43.5 Å². The molecule has 23 heavy (non-hydrogen) atoms. The molecule has 2 atom stereocenters. The standard InChI is InChI=1S/C17H22N2O4/c1-22-13-6-4-12(5-7-13)19-15(8-9-16(19)20)17(21)18-11-14-3-2-10-23-14/h4-7,14-15H,2-3,8-11H2,1H3,(H,18,21). The molecule has 1 N–H and O–H groups in total. The van der Waals surface area contributed by atoms with Gasteiger partial charge in [0.15, 0.2) is 0 Å². The Hall–Kier alpha value is -2.08. The zero-order valence-electron chi connectivity index (χ0n) is 13.3. The van der Waals surface area contributed by atoms with Crippen molar-refractivity contribution in [2.45, 2.75) is 37.8 Å². The van der Waals surface area contributed by atoms with Crippen LogP contribution in [0, 0.1) is 0 Å². The summed E-state index contributed by atoms with van der Waals surface area (Å²) in [6.45, 7) is 1.28. The van der Waals surface area contributed by atoms with E-state index in [9.17, 15) is 9.59 Å². The second-order valence-corrected chi connectivity index (χ2v) is 5.90. The van der Waals surface area contributed by atoms with Gasteiger partial charge in [0, 0.05) is 25.3 Å². The molecule has 0 radical (unpaired) electrons. The molecule has 3 rings (SSSR count). The summed E-state index contributed by atoms with van der Waals surface area (Å²) in [7, 11) is 1.59. The Bertz CT molecular complexity index is 566. The number of amides is 2. The Morgan fingerprint density at radius 2 is 2.13 bits per heavy atom. The van der Waals surface area contributed by atoms with Crippen LogP contribution in [0.15, 0.2) is 24.3 Å². The van der Waals surface area contributed by atoms with E-state index in [1.54, 1.807) is 24.1 Å². The Morgan fingerprint density at radius 3 is 2.78 bits per heavy atom. The SMILES string of the molecule is COc1ccc(N2C(=O)CCC2C(=O)NCC2CCCO2)cc1. The highest BCUT2D eigenvalue weighted by Gasteiger charge is 2.37. The van der Waals surface area contributed by atoms with Crippen molar-refractivity contribution in [1.29, 1.82) is 0 Å². The van der Waals surface area contributed by atoms with Crippen LogP contribution >= 0.6 is 0 Å². The smallest absolute Gasteiger partial charge is 0.243 e. The Morgan fingerprint density at radius 1 is 1.35 bits per heavy atom. The van der Waals surface area contributed by atoms with E-state index in [-0.39, 0.29) is 17.9 Å². The summed E-state index contributed by atoms with van der Waals surface area (Å²) in [4.78, 5) is 26.3. The molecule has 0 spiro atoms. The first-order valence-electron chi connectivity index (χ1n) is 8.04. The van der Waals surface area contributed by atoms with Crippen molar-refractivity contribution in [3.8, 4) is 5.75 Å². The van der Waals surface area contributed by atoms with E-state index in [1.807, 2.05) is 12.1 Å². The molecule has 1 aromatic carbocycles. The summed E-state index contributed by atoms with van der Waals surface area (Å²) in [5.74, 6) is 0.592. The van der Waals surface area contributed by atoms with Gasteiger partial charge in [-0.15, -0.1) is 0 Å². The molecule has 6 heteroatoms. The Balaban J connectivity index is 1.66. The molecule has 2 heterocycles. The number of nitrogens with zero attached hydrogens (tertiary/aromatic N) is 1. The normalized spacial score (nSPS) is 24.0. The van der Waals surface area contributed by atoms with E-state index in [0.717, 1.165) is 30.9 Å². The average molecular weight is 318 g/mol. The monoisotopic (exact) mass is 318 g/mol. The molecule has 2 unspecified atom stereocenters. The van der Waals surface area contributed by atoms with E-state index in [0.29, 0.717) is 19.4 Å². The van der Waals surface area contributed by atoms with Crippen molar-refractivity contribution in [3.63, 3.8) is 0 Å². The highest BCUT2D eigenvalue weighted by atomic mass is 16.5. The van der Waals surface area contributed by atoms with Crippen LogP contribution < -0.4 is 15.0 Å². The first kappa shape index (κ1) is 15.8. The lowest BCUT2D eigenvalue weighted by Crippen LogP contribution is -2.46. The van der Waals surface area contributed by atoms with Crippen LogP contribution in [-0.2, 0) is 14.3 Å². The first-order chi connectivity index (χ1) is 11.2. The first-order valence-corrected chi connectivity index (χ1v) is 8.04. The van der Waals surface area contributed by atoms with Crippen molar-refractivity contribution in [2.75, 3.05) is 25.2 Å². The van der Waals surface area contributed by atoms with Crippen LogP contribution in [0.3, 0.4) is 0 Å². The topological polar surface area (TPSA) is 67.9 Å². The van der Waals surface area contributed by atoms with Gasteiger partial charge < -0.3 is 14.8 Å². The van der Waals surface area contributed by atoms with E-state index in [1.165, 1.54) is 0 Å². The predicted octanol–water partition coefficient (Wildman–Crippen LogP) is 1.49. The van der Waals surface area contributed by atoms with Gasteiger partial charge in [0.25, 0.3) is 0 Å². The van der Waals surface area contributed by atoms with Crippen LogP contribution in [-0.4, -0.2) is 44.2 Å². The van der Waals surface area contributed by atoms with E-state index < -0.39 is 6.04 Å². The van der Waals surface area contributed by atoms with Crippen LogP contribution in [0.25, 0.3) is 0 Å². The number of rotatable bonds is 5. The number of carbonyl (C=O) groups is 2. The lowest BCUT2D eigenvalue weighted by atomic mass is 10.1. The average Bonchev–Trinajstić information content (AvgIpc) is 3.22. The summed E-state index contributed by atoms with van der Waals surface area (Å²) in [6, 6.07) is 6.76. The van der Waals surface area contributed by atoms with Crippen LogP contribution in [0.2, 0.25) is 0 Å². The Kier molecular flexibility index (Phi) is 4.81. The maximum absolute atomic E-state index is 12.5. The number of methoxy groups -OCH3 is 1. The molecule has 2 aliphatic rings. The quantitative estimate of drug-likeness (QED) is 0.893. The summed E-state index contributed by atoms with van der Waals surface area (Å²) >= 11 is 0. The number of hydrogen-bond donors (Lipinski definition) is 1. The number of hydrogen-bond acceptors (Lipinski definition) is 4. The highest BCUT2D eigenvalue weighted by Crippen LogP contribution is 2.28. The summed E-state index contributed by atoms with van der Waals surface area (Å²) < 4.78 is 10.6. The molecule has 2 saturated heterocycles. The molecule has 2 amide bonds. The second-order valence-electron chi connectivity index (χ2n) is 5.90. The predicted molar refractivity (Wildman–Crippen MR) is 85.5 cm³/mol. The van der Waals surface area contributed by atoms with Crippen LogP contribution in [0.4, 0.5) is 5.69 Å². The third-order valence-electron chi connectivity index (χ3n) is 4.39. The molecule has 2 aliphatic heterocycles. The molecule has 1 aromatic rings. The van der Waals surface area contributed by atoms with Gasteiger partial charge in [0.05, 0.1) is 13.2 Å². The van der Waals surface area contributed by atoms with Gasteiger partial charge >= 0.3 is 0 Å². The number of carbonyl (C=O) groups excluding carboxylic acids is 2. The van der Waals surface area contributed by atoms with E-state index >= 15 is 0 Å². The summed E-state index contributed by atoms with van der Waals surface area (Å²) in [5.41, 5.74) is 0.727. The van der Waals surface area contributed by atoms with E-state index in [4.69, 9.17) is 9.47 Å². The molecule has 0 bridgehead atoms. The van der Waals surface area contributed by atoms with Gasteiger partial charge in [-0.2, -0.15) is 0 Å². The van der Waals surface area contributed by atoms with Crippen molar-refractivity contribution < 1.29 is 19.1 Å². The third kappa shape index (κ3) is 3.47. The second kappa shape index (κ2) is 7.00. The van der Waals surface area contributed by atoms with Gasteiger partial charge in [-0.25, -0.2) is 0 Å². The molecule has 124 valence electrons. The maximum atomic E-state index is 12.5. The zero-order valence-corrected chi connectivity index (χ0v) is 13.3. The highest BCUT2D eigenvalue weighted by molar-refractivity contribution is 6.03. The van der Waals surface area contributed by atoms with Gasteiger partial charge in [-0.1, -0.05) is 0 Å². The number of anilines is 1. The minimum atomic E-state index is -0.447. The van der Waals surface area contributed by atoms with Crippen molar-refractivity contribution in [2.24, 2.45) is 0 Å². The fourth-order valence-corrected chi connectivity index (χ4v) is 3.14.